The van der Waals surface area contributed by atoms with E-state index < -0.39 is 0 Å². The van der Waals surface area contributed by atoms with Crippen molar-refractivity contribution in [1.29, 1.82) is 0 Å². The normalized spacial score (nSPS) is 15.2. The molecule has 1 aromatic carbocycles. The molecule has 0 unspecified atom stereocenters. The van der Waals surface area contributed by atoms with Gasteiger partial charge in [0, 0.05) is 40.3 Å². The molecule has 2 aromatic rings. The minimum Gasteiger partial charge on any atom is -0.380 e. The van der Waals surface area contributed by atoms with Crippen molar-refractivity contribution >= 4 is 23.6 Å². The highest BCUT2D eigenvalue weighted by molar-refractivity contribution is 8.00. The molecule has 0 bridgehead atoms. The van der Waals surface area contributed by atoms with Gasteiger partial charge in [0.25, 0.3) is 0 Å². The van der Waals surface area contributed by atoms with Gasteiger partial charge in [-0.3, -0.25) is 0 Å². The molecule has 1 heterocycles. The van der Waals surface area contributed by atoms with Crippen LogP contribution in [0.4, 0.5) is 5.69 Å². The Morgan fingerprint density at radius 3 is 2.90 bits per heavy atom. The van der Waals surface area contributed by atoms with Crippen molar-refractivity contribution in [1.82, 2.24) is 9.78 Å². The van der Waals surface area contributed by atoms with E-state index in [0.29, 0.717) is 0 Å². The second-order valence-electron chi connectivity index (χ2n) is 5.39. The molecule has 110 valence electrons. The summed E-state index contributed by atoms with van der Waals surface area (Å²) in [4.78, 5) is 1.36. The van der Waals surface area contributed by atoms with Gasteiger partial charge in [-0.2, -0.15) is 5.10 Å². The first-order valence-electron chi connectivity index (χ1n) is 7.50. The van der Waals surface area contributed by atoms with Crippen molar-refractivity contribution in [3.63, 3.8) is 0 Å². The number of hydrogen-bond acceptors (Lipinski definition) is 3. The molecule has 1 fully saturated rings. The highest BCUT2D eigenvalue weighted by Gasteiger charge is 2.17. The second-order valence-corrected chi connectivity index (χ2v) is 6.73. The van der Waals surface area contributed by atoms with Crippen LogP contribution in [0, 0.1) is 0 Å². The number of anilines is 1. The Morgan fingerprint density at radius 2 is 2.14 bits per heavy atom. The van der Waals surface area contributed by atoms with Crippen LogP contribution in [0.2, 0.25) is 0 Å². The van der Waals surface area contributed by atoms with Crippen LogP contribution in [-0.4, -0.2) is 15.0 Å². The van der Waals surface area contributed by atoms with Gasteiger partial charge >= 0.3 is 0 Å². The third-order valence-corrected chi connectivity index (χ3v) is 5.22. The van der Waals surface area contributed by atoms with Crippen LogP contribution in [0.1, 0.15) is 31.2 Å². The standard InChI is InChI=1S/C17H21N3S/c1-2-20-13-14(12-19-20)11-18-16-9-5-6-10-17(16)21-15-7-3-4-8-15/h2,5-6,9-10,12-13,15,18H,1,3-4,7-8,11H2. The average molecular weight is 299 g/mol. The van der Waals surface area contributed by atoms with E-state index in [1.54, 1.807) is 10.9 Å². The molecular formula is C17H21N3S. The fraction of sp³-hybridized carbons (Fsp3) is 0.353. The third-order valence-electron chi connectivity index (χ3n) is 3.81. The molecule has 0 atom stereocenters. The van der Waals surface area contributed by atoms with Crippen LogP contribution in [0.25, 0.3) is 6.20 Å². The maximum atomic E-state index is 4.21. The summed E-state index contributed by atoms with van der Waals surface area (Å²) < 4.78 is 1.73. The van der Waals surface area contributed by atoms with Gasteiger partial charge in [-0.1, -0.05) is 31.6 Å². The van der Waals surface area contributed by atoms with Crippen molar-refractivity contribution in [2.24, 2.45) is 0 Å². The summed E-state index contributed by atoms with van der Waals surface area (Å²) in [5.41, 5.74) is 2.39. The third kappa shape index (κ3) is 3.70. The first-order valence-corrected chi connectivity index (χ1v) is 8.38. The fourth-order valence-corrected chi connectivity index (χ4v) is 4.02. The summed E-state index contributed by atoms with van der Waals surface area (Å²) in [5.74, 6) is 0. The zero-order chi connectivity index (χ0) is 14.5. The molecular weight excluding hydrogens is 278 g/mol. The van der Waals surface area contributed by atoms with Crippen LogP contribution in [-0.2, 0) is 6.54 Å². The highest BCUT2D eigenvalue weighted by atomic mass is 32.2. The molecule has 1 aromatic heterocycles. The number of rotatable bonds is 6. The van der Waals surface area contributed by atoms with Crippen LogP contribution in [0.5, 0.6) is 0 Å². The Balaban J connectivity index is 1.65. The van der Waals surface area contributed by atoms with Crippen molar-refractivity contribution < 1.29 is 0 Å². The first kappa shape index (κ1) is 14.3. The van der Waals surface area contributed by atoms with E-state index in [2.05, 4.69) is 41.3 Å². The van der Waals surface area contributed by atoms with Crippen LogP contribution in [0.3, 0.4) is 0 Å². The molecule has 0 radical (unpaired) electrons. The maximum Gasteiger partial charge on any atom is 0.0543 e. The Hall–Kier alpha value is -1.68. The van der Waals surface area contributed by atoms with Crippen LogP contribution < -0.4 is 5.32 Å². The average Bonchev–Trinajstić information content (AvgIpc) is 3.17. The molecule has 0 aliphatic heterocycles. The number of nitrogens with one attached hydrogen (secondary N) is 1. The van der Waals surface area contributed by atoms with Gasteiger partial charge in [-0.15, -0.1) is 11.8 Å². The predicted molar refractivity (Wildman–Crippen MR) is 90.5 cm³/mol. The molecule has 1 N–H and O–H groups in total. The summed E-state index contributed by atoms with van der Waals surface area (Å²) in [6.45, 7) is 4.50. The van der Waals surface area contributed by atoms with E-state index in [9.17, 15) is 0 Å². The predicted octanol–water partition coefficient (Wildman–Crippen LogP) is 4.63. The van der Waals surface area contributed by atoms with E-state index in [-0.39, 0.29) is 0 Å². The number of para-hydroxylation sites is 1. The topological polar surface area (TPSA) is 29.9 Å². The largest absolute Gasteiger partial charge is 0.380 e. The lowest BCUT2D eigenvalue weighted by atomic mass is 10.3. The molecule has 1 saturated carbocycles. The quantitative estimate of drug-likeness (QED) is 0.843. The lowest BCUT2D eigenvalue weighted by Crippen LogP contribution is -2.01. The molecule has 3 nitrogen and oxygen atoms in total. The van der Waals surface area contributed by atoms with E-state index in [0.717, 1.165) is 17.4 Å². The zero-order valence-corrected chi connectivity index (χ0v) is 13.0. The second kappa shape index (κ2) is 6.85. The first-order chi connectivity index (χ1) is 10.3. The van der Waals surface area contributed by atoms with Crippen LogP contribution in [0.15, 0.2) is 48.1 Å². The molecule has 3 rings (SSSR count). The number of benzene rings is 1. The number of nitrogens with zero attached hydrogens (tertiary/aromatic N) is 2. The van der Waals surface area contributed by atoms with Gasteiger partial charge in [-0.25, -0.2) is 4.68 Å². The summed E-state index contributed by atoms with van der Waals surface area (Å²) in [7, 11) is 0. The number of hydrogen-bond donors (Lipinski definition) is 1. The van der Waals surface area contributed by atoms with Crippen molar-refractivity contribution in [2.45, 2.75) is 42.4 Å². The highest BCUT2D eigenvalue weighted by Crippen LogP contribution is 2.38. The van der Waals surface area contributed by atoms with Gasteiger partial charge < -0.3 is 5.32 Å². The van der Waals surface area contributed by atoms with E-state index >= 15 is 0 Å². The Morgan fingerprint density at radius 1 is 1.33 bits per heavy atom. The van der Waals surface area contributed by atoms with E-state index in [4.69, 9.17) is 0 Å². The molecule has 1 aliphatic rings. The Kier molecular flexibility index (Phi) is 4.65. The molecule has 0 amide bonds. The van der Waals surface area contributed by atoms with Crippen LogP contribution >= 0.6 is 11.8 Å². The van der Waals surface area contributed by atoms with Gasteiger partial charge in [0.1, 0.15) is 0 Å². The van der Waals surface area contributed by atoms with Crippen molar-refractivity contribution in [3.8, 4) is 0 Å². The molecule has 21 heavy (non-hydrogen) atoms. The lowest BCUT2D eigenvalue weighted by Gasteiger charge is -2.14. The Labute approximate surface area is 130 Å². The monoisotopic (exact) mass is 299 g/mol. The van der Waals surface area contributed by atoms with Gasteiger partial charge in [0.05, 0.1) is 6.20 Å². The number of thioether (sulfide) groups is 1. The molecule has 4 heteroatoms. The summed E-state index contributed by atoms with van der Waals surface area (Å²) in [5, 5.41) is 8.53. The van der Waals surface area contributed by atoms with Gasteiger partial charge in [-0.05, 0) is 25.0 Å². The molecule has 0 saturated heterocycles. The SMILES string of the molecule is C=Cn1cc(CNc2ccccc2SC2CCCC2)cn1. The minimum atomic E-state index is 0.788. The van der Waals surface area contributed by atoms with Crippen molar-refractivity contribution in [3.05, 3.63) is 48.8 Å². The maximum absolute atomic E-state index is 4.21. The minimum absolute atomic E-state index is 0.788. The smallest absolute Gasteiger partial charge is 0.0543 e. The molecule has 1 aliphatic carbocycles. The fourth-order valence-electron chi connectivity index (χ4n) is 2.67. The van der Waals surface area contributed by atoms with Crippen molar-refractivity contribution in [2.75, 3.05) is 5.32 Å². The van der Waals surface area contributed by atoms with E-state index in [1.807, 2.05) is 24.2 Å². The van der Waals surface area contributed by atoms with Gasteiger partial charge in [0.2, 0.25) is 0 Å². The molecule has 0 spiro atoms. The Bertz CT molecular complexity index is 600. The van der Waals surface area contributed by atoms with Gasteiger partial charge in [0.15, 0.2) is 0 Å². The number of aromatic nitrogens is 2. The van der Waals surface area contributed by atoms with E-state index in [1.165, 1.54) is 36.3 Å². The zero-order valence-electron chi connectivity index (χ0n) is 12.2. The summed E-state index contributed by atoms with van der Waals surface area (Å²) in [6, 6.07) is 8.60. The summed E-state index contributed by atoms with van der Waals surface area (Å²) >= 11 is 2.02. The summed E-state index contributed by atoms with van der Waals surface area (Å²) in [6.07, 6.45) is 11.0. The lowest BCUT2D eigenvalue weighted by molar-refractivity contribution is 0.886.